The first-order chi connectivity index (χ1) is 11.0. The fourth-order valence-corrected chi connectivity index (χ4v) is 3.76. The summed E-state index contributed by atoms with van der Waals surface area (Å²) in [4.78, 5) is 25.9. The van der Waals surface area contributed by atoms with E-state index in [0.717, 1.165) is 29.7 Å². The average molecular weight is 333 g/mol. The lowest BCUT2D eigenvalue weighted by atomic mass is 10.0. The van der Waals surface area contributed by atoms with E-state index in [9.17, 15) is 14.0 Å². The minimum absolute atomic E-state index is 0.0275. The summed E-state index contributed by atoms with van der Waals surface area (Å²) in [6.45, 7) is 0.652. The lowest BCUT2D eigenvalue weighted by Gasteiger charge is -2.24. The number of carboxylic acid groups (broad SMARTS) is 1. The normalized spacial score (nSPS) is 17.4. The molecule has 1 aromatic carbocycles. The van der Waals surface area contributed by atoms with Gasteiger partial charge in [-0.3, -0.25) is 4.79 Å². The number of rotatable bonds is 4. The first kappa shape index (κ1) is 15.7. The lowest BCUT2D eigenvalue weighted by Crippen LogP contribution is -2.36. The minimum atomic E-state index is -1.02. The quantitative estimate of drug-likeness (QED) is 0.932. The number of hydrogen-bond acceptors (Lipinski definition) is 3. The van der Waals surface area contributed by atoms with E-state index in [4.69, 9.17) is 5.11 Å². The molecule has 23 heavy (non-hydrogen) atoms. The molecule has 3 rings (SSSR count). The van der Waals surface area contributed by atoms with E-state index in [-0.39, 0.29) is 22.6 Å². The Morgan fingerprint density at radius 3 is 2.74 bits per heavy atom. The minimum Gasteiger partial charge on any atom is -0.477 e. The van der Waals surface area contributed by atoms with Crippen LogP contribution in [0.25, 0.3) is 0 Å². The number of nitrogens with zero attached hydrogens (tertiary/aromatic N) is 1. The van der Waals surface area contributed by atoms with Gasteiger partial charge in [-0.25, -0.2) is 9.18 Å². The summed E-state index contributed by atoms with van der Waals surface area (Å²) >= 11 is 0.996. The smallest absolute Gasteiger partial charge is 0.345 e. The first-order valence-corrected chi connectivity index (χ1v) is 8.25. The maximum absolute atomic E-state index is 13.3. The van der Waals surface area contributed by atoms with Gasteiger partial charge in [-0.1, -0.05) is 12.1 Å². The highest BCUT2D eigenvalue weighted by atomic mass is 32.1. The molecule has 1 unspecified atom stereocenters. The van der Waals surface area contributed by atoms with Crippen LogP contribution in [-0.4, -0.2) is 34.5 Å². The second-order valence-electron chi connectivity index (χ2n) is 5.60. The second-order valence-corrected chi connectivity index (χ2v) is 6.68. The number of benzene rings is 1. The summed E-state index contributed by atoms with van der Waals surface area (Å²) in [6.07, 6.45) is 2.39. The predicted molar refractivity (Wildman–Crippen MR) is 85.4 cm³/mol. The van der Waals surface area contributed by atoms with Crippen LogP contribution in [0.5, 0.6) is 0 Å². The van der Waals surface area contributed by atoms with Gasteiger partial charge in [-0.2, -0.15) is 0 Å². The number of carbonyl (C=O) groups excluding carboxylic acids is 1. The van der Waals surface area contributed by atoms with Crippen molar-refractivity contribution in [3.63, 3.8) is 0 Å². The van der Waals surface area contributed by atoms with Crippen LogP contribution in [0.15, 0.2) is 36.4 Å². The second kappa shape index (κ2) is 6.50. The van der Waals surface area contributed by atoms with Crippen molar-refractivity contribution in [2.75, 3.05) is 6.54 Å². The molecule has 4 nitrogen and oxygen atoms in total. The number of carboxylic acids is 1. The van der Waals surface area contributed by atoms with Crippen LogP contribution in [-0.2, 0) is 6.42 Å². The van der Waals surface area contributed by atoms with Crippen LogP contribution in [0.4, 0.5) is 4.39 Å². The highest BCUT2D eigenvalue weighted by Gasteiger charge is 2.30. The van der Waals surface area contributed by atoms with Crippen LogP contribution in [0.3, 0.4) is 0 Å². The van der Waals surface area contributed by atoms with E-state index in [2.05, 4.69) is 0 Å². The fourth-order valence-electron chi connectivity index (χ4n) is 2.96. The zero-order chi connectivity index (χ0) is 16.4. The largest absolute Gasteiger partial charge is 0.477 e. The molecular formula is C17H16FNO3S. The Morgan fingerprint density at radius 2 is 2.04 bits per heavy atom. The Bertz CT molecular complexity index is 743. The molecule has 2 heterocycles. The Kier molecular flexibility index (Phi) is 4.43. The fraction of sp³-hybridized carbons (Fsp3) is 0.294. The topological polar surface area (TPSA) is 57.6 Å². The molecule has 1 aliphatic rings. The van der Waals surface area contributed by atoms with Crippen LogP contribution >= 0.6 is 11.3 Å². The number of amides is 1. The van der Waals surface area contributed by atoms with Crippen LogP contribution < -0.4 is 0 Å². The zero-order valence-electron chi connectivity index (χ0n) is 12.4. The van der Waals surface area contributed by atoms with Crippen LogP contribution in [0.2, 0.25) is 0 Å². The van der Waals surface area contributed by atoms with Gasteiger partial charge in [0.1, 0.15) is 10.7 Å². The van der Waals surface area contributed by atoms with Crippen molar-refractivity contribution in [3.05, 3.63) is 57.5 Å². The third kappa shape index (κ3) is 3.42. The van der Waals surface area contributed by atoms with Crippen molar-refractivity contribution in [2.24, 2.45) is 0 Å². The van der Waals surface area contributed by atoms with Crippen LogP contribution in [0, 0.1) is 5.82 Å². The highest BCUT2D eigenvalue weighted by molar-refractivity contribution is 7.15. The Hall–Kier alpha value is -2.21. The zero-order valence-corrected chi connectivity index (χ0v) is 13.2. The Labute approximate surface area is 137 Å². The molecule has 1 atom stereocenters. The Balaban J connectivity index is 1.75. The van der Waals surface area contributed by atoms with E-state index in [1.54, 1.807) is 17.0 Å². The van der Waals surface area contributed by atoms with E-state index in [1.165, 1.54) is 18.2 Å². The molecular weight excluding hydrogens is 317 g/mol. The van der Waals surface area contributed by atoms with Gasteiger partial charge in [-0.15, -0.1) is 11.3 Å². The van der Waals surface area contributed by atoms with Crippen molar-refractivity contribution in [1.29, 1.82) is 0 Å². The maximum Gasteiger partial charge on any atom is 0.345 e. The molecule has 1 N–H and O–H groups in total. The third-order valence-corrected chi connectivity index (χ3v) is 5.09. The predicted octanol–water partition coefficient (Wildman–Crippen LogP) is 3.43. The van der Waals surface area contributed by atoms with Crippen molar-refractivity contribution < 1.29 is 19.1 Å². The number of hydrogen-bond donors (Lipinski definition) is 1. The molecule has 0 radical (unpaired) electrons. The van der Waals surface area contributed by atoms with Crippen LogP contribution in [0.1, 0.15) is 37.7 Å². The van der Waals surface area contributed by atoms with Gasteiger partial charge in [-0.05, 0) is 49.1 Å². The first-order valence-electron chi connectivity index (χ1n) is 7.43. The van der Waals surface area contributed by atoms with Gasteiger partial charge in [0.05, 0.1) is 4.88 Å². The third-order valence-electron chi connectivity index (χ3n) is 4.03. The van der Waals surface area contributed by atoms with Gasteiger partial charge >= 0.3 is 5.97 Å². The summed E-state index contributed by atoms with van der Waals surface area (Å²) in [7, 11) is 0. The molecule has 1 saturated heterocycles. The SMILES string of the molecule is O=C(O)c1ccc(C(=O)N2CCCC2Cc2cccc(F)c2)s1. The van der Waals surface area contributed by atoms with E-state index < -0.39 is 5.97 Å². The number of thiophene rings is 1. The van der Waals surface area contributed by atoms with Gasteiger partial charge in [0.15, 0.2) is 0 Å². The molecule has 0 saturated carbocycles. The summed E-state index contributed by atoms with van der Waals surface area (Å²) < 4.78 is 13.3. The van der Waals surface area contributed by atoms with Gasteiger partial charge in [0, 0.05) is 12.6 Å². The number of likely N-dealkylation sites (tertiary alicyclic amines) is 1. The molecule has 120 valence electrons. The van der Waals surface area contributed by atoms with Gasteiger partial charge in [0.2, 0.25) is 0 Å². The van der Waals surface area contributed by atoms with Gasteiger partial charge in [0.25, 0.3) is 5.91 Å². The summed E-state index contributed by atoms with van der Waals surface area (Å²) in [6, 6.07) is 9.47. The van der Waals surface area contributed by atoms with E-state index in [1.807, 2.05) is 6.07 Å². The molecule has 1 fully saturated rings. The van der Waals surface area contributed by atoms with Gasteiger partial charge < -0.3 is 10.0 Å². The van der Waals surface area contributed by atoms with Crippen molar-refractivity contribution in [3.8, 4) is 0 Å². The highest BCUT2D eigenvalue weighted by Crippen LogP contribution is 2.26. The summed E-state index contributed by atoms with van der Waals surface area (Å²) in [5, 5.41) is 8.97. The number of carbonyl (C=O) groups is 2. The summed E-state index contributed by atoms with van der Waals surface area (Å²) in [5.41, 5.74) is 0.868. The van der Waals surface area contributed by atoms with Crippen molar-refractivity contribution in [1.82, 2.24) is 4.90 Å². The molecule has 0 aliphatic carbocycles. The average Bonchev–Trinajstić information content (AvgIpc) is 3.15. The molecule has 0 bridgehead atoms. The van der Waals surface area contributed by atoms with E-state index >= 15 is 0 Å². The molecule has 6 heteroatoms. The molecule has 1 aliphatic heterocycles. The lowest BCUT2D eigenvalue weighted by molar-refractivity contribution is 0.0700. The Morgan fingerprint density at radius 1 is 1.26 bits per heavy atom. The standard InChI is InChI=1S/C17H16FNO3S/c18-12-4-1-3-11(9-12)10-13-5-2-8-19(13)16(20)14-6-7-15(23-14)17(21)22/h1,3-4,6-7,9,13H,2,5,8,10H2,(H,21,22). The van der Waals surface area contributed by atoms with Crippen molar-refractivity contribution >= 4 is 23.2 Å². The monoisotopic (exact) mass is 333 g/mol. The molecule has 1 aromatic heterocycles. The summed E-state index contributed by atoms with van der Waals surface area (Å²) in [5.74, 6) is -1.43. The number of aromatic carboxylic acids is 1. The van der Waals surface area contributed by atoms with E-state index in [0.29, 0.717) is 17.8 Å². The molecule has 0 spiro atoms. The maximum atomic E-state index is 13.3. The van der Waals surface area contributed by atoms with Crippen molar-refractivity contribution in [2.45, 2.75) is 25.3 Å². The number of halogens is 1. The molecule has 1 amide bonds. The molecule has 2 aromatic rings.